The predicted molar refractivity (Wildman–Crippen MR) is 185 cm³/mol. The molecule has 3 amide bonds. The highest BCUT2D eigenvalue weighted by atomic mass is 32.1. The number of aliphatic hydroxyl groups is 1. The molecule has 4 atom stereocenters. The number of aromatic nitrogens is 2. The van der Waals surface area contributed by atoms with Crippen LogP contribution in [0.15, 0.2) is 82.8 Å². The number of carbonyl (C=O) groups excluding carboxylic acids is 3. The number of carbonyl (C=O) groups is 3. The highest BCUT2D eigenvalue weighted by Crippen LogP contribution is 2.19. The van der Waals surface area contributed by atoms with Crippen molar-refractivity contribution >= 4 is 34.6 Å². The van der Waals surface area contributed by atoms with Gasteiger partial charge in [-0.3, -0.25) is 4.79 Å². The summed E-state index contributed by atoms with van der Waals surface area (Å²) in [7, 11) is 3.75. The first-order chi connectivity index (χ1) is 23.6. The molecule has 49 heavy (non-hydrogen) atoms. The summed E-state index contributed by atoms with van der Waals surface area (Å²) in [4.78, 5) is 45.6. The van der Waals surface area contributed by atoms with Crippen molar-refractivity contribution in [3.05, 3.63) is 101 Å². The topological polar surface area (TPSA) is 168 Å². The van der Waals surface area contributed by atoms with Crippen LogP contribution < -0.4 is 20.9 Å². The predicted octanol–water partition coefficient (Wildman–Crippen LogP) is 4.46. The number of hydrogen-bond acceptors (Lipinski definition) is 11. The number of thiazole rings is 1. The van der Waals surface area contributed by atoms with Gasteiger partial charge in [0.2, 0.25) is 5.91 Å². The number of alkyl carbamates (subject to hydrolysis) is 2. The Bertz CT molecular complexity index is 1580. The largest absolute Gasteiger partial charge is 0.443 e. The number of rotatable bonds is 17. The average molecular weight is 693 g/mol. The summed E-state index contributed by atoms with van der Waals surface area (Å²) in [5, 5.41) is 26.3. The number of ether oxygens (including phenoxy) is 2. The summed E-state index contributed by atoms with van der Waals surface area (Å²) >= 11 is 1.43. The van der Waals surface area contributed by atoms with E-state index in [9.17, 15) is 19.5 Å². The Labute approximate surface area is 290 Å². The molecule has 13 nitrogen and oxygen atoms in total. The van der Waals surface area contributed by atoms with Gasteiger partial charge >= 0.3 is 12.2 Å². The van der Waals surface area contributed by atoms with E-state index in [0.717, 1.165) is 16.3 Å². The highest BCUT2D eigenvalue weighted by Gasteiger charge is 2.30. The fourth-order valence-electron chi connectivity index (χ4n) is 5.05. The number of nitrogens with one attached hydrogen (secondary N) is 3. The molecule has 2 heterocycles. The molecule has 0 unspecified atom stereocenters. The molecule has 0 spiro atoms. The van der Waals surface area contributed by atoms with Gasteiger partial charge in [0.25, 0.3) is 0 Å². The average Bonchev–Trinajstić information content (AvgIpc) is 3.79. The summed E-state index contributed by atoms with van der Waals surface area (Å²) in [5.74, 6) is -0.330. The Morgan fingerprint density at radius 3 is 2.10 bits per heavy atom. The van der Waals surface area contributed by atoms with Gasteiger partial charge in [0.1, 0.15) is 12.6 Å². The second-order valence-corrected chi connectivity index (χ2v) is 13.0. The smallest absolute Gasteiger partial charge is 0.408 e. The van der Waals surface area contributed by atoms with Gasteiger partial charge in [0.05, 0.1) is 24.0 Å². The van der Waals surface area contributed by atoms with Crippen LogP contribution in [-0.4, -0.2) is 71.7 Å². The molecule has 4 N–H and O–H groups in total. The summed E-state index contributed by atoms with van der Waals surface area (Å²) in [6.07, 6.45) is -0.332. The van der Waals surface area contributed by atoms with Gasteiger partial charge in [-0.1, -0.05) is 79.7 Å². The normalized spacial score (nSPS) is 13.5. The Morgan fingerprint density at radius 1 is 0.878 bits per heavy atom. The van der Waals surface area contributed by atoms with E-state index < -0.39 is 42.3 Å². The Kier molecular flexibility index (Phi) is 14.0. The molecule has 0 aliphatic heterocycles. The minimum atomic E-state index is -1.09. The van der Waals surface area contributed by atoms with Gasteiger partial charge in [-0.2, -0.15) is 0 Å². The molecular weight excluding hydrogens is 648 g/mol. The lowest BCUT2D eigenvalue weighted by atomic mass is 9.93. The highest BCUT2D eigenvalue weighted by molar-refractivity contribution is 7.13. The first-order valence-corrected chi connectivity index (χ1v) is 16.9. The molecule has 262 valence electrons. The van der Waals surface area contributed by atoms with E-state index in [1.807, 2.05) is 98.9 Å². The van der Waals surface area contributed by atoms with Crippen LogP contribution in [0.1, 0.15) is 42.8 Å². The number of amides is 3. The third-order valence-electron chi connectivity index (χ3n) is 7.60. The molecule has 0 bridgehead atoms. The Balaban J connectivity index is 1.44. The molecule has 0 fully saturated rings. The molecule has 2 aromatic carbocycles. The maximum atomic E-state index is 13.7. The van der Waals surface area contributed by atoms with E-state index in [-0.39, 0.29) is 25.6 Å². The van der Waals surface area contributed by atoms with E-state index in [0.29, 0.717) is 24.3 Å². The lowest BCUT2D eigenvalue weighted by molar-refractivity contribution is -0.125. The van der Waals surface area contributed by atoms with Crippen molar-refractivity contribution in [2.24, 2.45) is 5.92 Å². The van der Waals surface area contributed by atoms with Crippen molar-refractivity contribution in [2.45, 2.75) is 70.6 Å². The number of nitrogens with zero attached hydrogens (tertiary/aromatic N) is 3. The van der Waals surface area contributed by atoms with E-state index in [4.69, 9.17) is 14.0 Å². The summed E-state index contributed by atoms with van der Waals surface area (Å²) in [6.45, 7) is 3.47. The Morgan fingerprint density at radius 2 is 1.51 bits per heavy atom. The maximum absolute atomic E-state index is 13.7. The van der Waals surface area contributed by atoms with E-state index in [1.54, 1.807) is 6.07 Å². The molecule has 0 saturated heterocycles. The molecule has 4 rings (SSSR count). The van der Waals surface area contributed by atoms with Crippen molar-refractivity contribution in [1.82, 2.24) is 26.1 Å². The second kappa shape index (κ2) is 18.6. The van der Waals surface area contributed by atoms with Gasteiger partial charge in [0.15, 0.2) is 17.5 Å². The van der Waals surface area contributed by atoms with Gasteiger partial charge in [-0.05, 0) is 36.3 Å². The molecular formula is C35H44N6O7S. The van der Waals surface area contributed by atoms with Crippen molar-refractivity contribution in [3.8, 4) is 0 Å². The standard InChI is InChI=1S/C35H44N6O7S/c1-23(2)31(40-35(45)46-20-27-22-49-33(38-27)41(3)4)32(43)37-26(17-24-11-7-5-8-12-24)19-30(42)29(18-25-13-9-6-10-14-25)39-34(44)47-21-28-15-16-36-48-28/h5-16,22-23,26,29-31,42H,17-21H2,1-4H3,(H,37,43)(H,39,44)(H,40,45)/t26-,29-,30-,31-/m0/s1. The minimum absolute atomic E-state index is 0.0396. The lowest BCUT2D eigenvalue weighted by Crippen LogP contribution is -2.54. The van der Waals surface area contributed by atoms with Crippen molar-refractivity contribution in [1.29, 1.82) is 0 Å². The van der Waals surface area contributed by atoms with Crippen LogP contribution >= 0.6 is 11.3 Å². The van der Waals surface area contributed by atoms with Crippen molar-refractivity contribution < 1.29 is 33.5 Å². The zero-order valence-corrected chi connectivity index (χ0v) is 28.9. The minimum Gasteiger partial charge on any atom is -0.443 e. The van der Waals surface area contributed by atoms with E-state index in [1.165, 1.54) is 17.5 Å². The maximum Gasteiger partial charge on any atom is 0.408 e. The first kappa shape index (κ1) is 36.9. The fraction of sp³-hybridized carbons (Fsp3) is 0.400. The molecule has 4 aromatic rings. The third-order valence-corrected chi connectivity index (χ3v) is 8.65. The third kappa shape index (κ3) is 12.2. The van der Waals surface area contributed by atoms with Crippen LogP contribution in [-0.2, 0) is 40.3 Å². The van der Waals surface area contributed by atoms with Gasteiger partial charge in [-0.25, -0.2) is 14.6 Å². The zero-order chi connectivity index (χ0) is 35.2. The molecule has 0 aliphatic carbocycles. The zero-order valence-electron chi connectivity index (χ0n) is 28.1. The molecule has 0 aliphatic rings. The summed E-state index contributed by atoms with van der Waals surface area (Å²) < 4.78 is 15.7. The summed E-state index contributed by atoms with van der Waals surface area (Å²) in [6, 6.07) is 18.3. The number of hydrogen-bond donors (Lipinski definition) is 4. The van der Waals surface area contributed by atoms with Gasteiger partial charge in [0, 0.05) is 31.6 Å². The van der Waals surface area contributed by atoms with E-state index in [2.05, 4.69) is 26.1 Å². The first-order valence-electron chi connectivity index (χ1n) is 16.0. The molecule has 14 heteroatoms. The fourth-order valence-corrected chi connectivity index (χ4v) is 5.79. The van der Waals surface area contributed by atoms with Crippen LogP contribution in [0.25, 0.3) is 0 Å². The van der Waals surface area contributed by atoms with Crippen LogP contribution in [0.2, 0.25) is 0 Å². The number of anilines is 1. The van der Waals surface area contributed by atoms with Crippen molar-refractivity contribution in [3.63, 3.8) is 0 Å². The Hall–Kier alpha value is -4.95. The van der Waals surface area contributed by atoms with Crippen LogP contribution in [0, 0.1) is 5.92 Å². The molecule has 0 saturated carbocycles. The quantitative estimate of drug-likeness (QED) is 0.124. The van der Waals surface area contributed by atoms with Gasteiger partial charge < -0.3 is 40.0 Å². The molecule has 2 aromatic heterocycles. The van der Waals surface area contributed by atoms with E-state index >= 15 is 0 Å². The van der Waals surface area contributed by atoms with Crippen LogP contribution in [0.4, 0.5) is 14.7 Å². The van der Waals surface area contributed by atoms with Gasteiger partial charge in [-0.15, -0.1) is 11.3 Å². The number of aliphatic hydroxyl groups excluding tert-OH is 1. The monoisotopic (exact) mass is 692 g/mol. The lowest BCUT2D eigenvalue weighted by Gasteiger charge is -2.30. The summed E-state index contributed by atoms with van der Waals surface area (Å²) in [5.41, 5.74) is 2.43. The van der Waals surface area contributed by atoms with Crippen LogP contribution in [0.5, 0.6) is 0 Å². The van der Waals surface area contributed by atoms with Crippen LogP contribution in [0.3, 0.4) is 0 Å². The second-order valence-electron chi connectivity index (χ2n) is 12.2. The van der Waals surface area contributed by atoms with Crippen molar-refractivity contribution in [2.75, 3.05) is 19.0 Å². The SMILES string of the molecule is CC(C)[C@H](NC(=O)OCc1csc(N(C)C)n1)C(=O)N[C@@H](Cc1ccccc1)C[C@H](O)[C@H](Cc1ccccc1)NC(=O)OCc1ccno1. The molecule has 0 radical (unpaired) electrons. The number of benzene rings is 2.